The maximum absolute atomic E-state index is 13.7. The molecule has 45 heavy (non-hydrogen) atoms. The van der Waals surface area contributed by atoms with Crippen LogP contribution in [0.1, 0.15) is 70.5 Å². The number of carbonyl (C=O) groups excluding carboxylic acids is 1. The SMILES string of the molecule is C=C/C=C(\C=C/C(C)Cc1noc(C2C=C3N=C(CCCCC=O)N(C(/C=C\C)=C/C=C(\C)F)NC(=C)C3=CC2)n1)C(F)(F)F. The van der Waals surface area contributed by atoms with E-state index < -0.39 is 11.7 Å². The highest BCUT2D eigenvalue weighted by atomic mass is 19.4. The first-order chi connectivity index (χ1) is 21.5. The molecule has 2 heterocycles. The number of unbranched alkanes of at least 4 members (excludes halogenated alkanes) is 2. The molecule has 3 rings (SSSR count). The molecule has 1 N–H and O–H groups in total. The van der Waals surface area contributed by atoms with Crippen LogP contribution in [0.3, 0.4) is 0 Å². The van der Waals surface area contributed by atoms with Crippen LogP contribution >= 0.6 is 0 Å². The Morgan fingerprint density at radius 1 is 1.24 bits per heavy atom. The summed E-state index contributed by atoms with van der Waals surface area (Å²) >= 11 is 0. The summed E-state index contributed by atoms with van der Waals surface area (Å²) in [6.45, 7) is 12.6. The van der Waals surface area contributed by atoms with Gasteiger partial charge in [-0.1, -0.05) is 61.7 Å². The Kier molecular flexibility index (Phi) is 12.8. The summed E-state index contributed by atoms with van der Waals surface area (Å²) < 4.78 is 58.7. The standard InChI is InChI=1S/C34H39F4N5O2/c1-6-11-27(34(36,37)38)17-14-23(3)21-31-40-33(45-42-31)26-16-19-29-25(5)41-43(28(12-7-2)18-15-24(4)35)32(39-30(29)22-26)13-9-8-10-20-44/h6-7,11-12,14-15,17-20,22-23,26,41H,1,5,8-10,13,16,21H2,2-4H3/b12-7-,17-14-,24-15+,27-11+,28-18+. The number of aliphatic imine (C=N–C) groups is 1. The molecule has 0 fully saturated rings. The van der Waals surface area contributed by atoms with Crippen LogP contribution in [0.5, 0.6) is 0 Å². The number of allylic oxidation sites excluding steroid dienone is 12. The highest BCUT2D eigenvalue weighted by Gasteiger charge is 2.31. The Morgan fingerprint density at radius 2 is 2.02 bits per heavy atom. The number of aldehydes is 1. The van der Waals surface area contributed by atoms with Gasteiger partial charge in [0.15, 0.2) is 5.82 Å². The van der Waals surface area contributed by atoms with Gasteiger partial charge in [0, 0.05) is 24.8 Å². The average molecular weight is 626 g/mol. The van der Waals surface area contributed by atoms with Gasteiger partial charge in [0.2, 0.25) is 5.89 Å². The van der Waals surface area contributed by atoms with Crippen molar-refractivity contribution in [2.75, 3.05) is 0 Å². The topological polar surface area (TPSA) is 83.6 Å². The zero-order chi connectivity index (χ0) is 33.0. The Hall–Kier alpha value is -4.54. The van der Waals surface area contributed by atoms with Crippen molar-refractivity contribution in [3.05, 3.63) is 120 Å². The van der Waals surface area contributed by atoms with E-state index in [0.717, 1.165) is 30.1 Å². The average Bonchev–Trinajstić information content (AvgIpc) is 3.40. The number of alkyl halides is 3. The summed E-state index contributed by atoms with van der Waals surface area (Å²) in [5, 5.41) is 5.84. The smallest absolute Gasteiger partial charge is 0.339 e. The van der Waals surface area contributed by atoms with Crippen molar-refractivity contribution in [3.63, 3.8) is 0 Å². The molecule has 1 aliphatic heterocycles. The maximum atomic E-state index is 13.7. The summed E-state index contributed by atoms with van der Waals surface area (Å²) in [4.78, 5) is 20.4. The molecule has 1 aromatic rings. The fourth-order valence-corrected chi connectivity index (χ4v) is 4.66. The molecule has 2 aliphatic rings. The largest absolute Gasteiger partial charge is 0.416 e. The van der Waals surface area contributed by atoms with E-state index in [2.05, 4.69) is 28.7 Å². The zero-order valence-corrected chi connectivity index (χ0v) is 25.8. The van der Waals surface area contributed by atoms with Crippen molar-refractivity contribution in [1.29, 1.82) is 0 Å². The quantitative estimate of drug-likeness (QED) is 0.0965. The third kappa shape index (κ3) is 10.3. The minimum absolute atomic E-state index is 0.286. The highest BCUT2D eigenvalue weighted by Crippen LogP contribution is 2.35. The predicted octanol–water partition coefficient (Wildman–Crippen LogP) is 8.60. The maximum Gasteiger partial charge on any atom is 0.416 e. The van der Waals surface area contributed by atoms with Crippen LogP contribution in [0.15, 0.2) is 117 Å². The van der Waals surface area contributed by atoms with Crippen molar-refractivity contribution in [3.8, 4) is 0 Å². The van der Waals surface area contributed by atoms with Crippen LogP contribution in [0, 0.1) is 5.92 Å². The molecule has 0 saturated heterocycles. The lowest BCUT2D eigenvalue weighted by Gasteiger charge is -2.27. The number of nitrogens with one attached hydrogen (secondary N) is 1. The highest BCUT2D eigenvalue weighted by molar-refractivity contribution is 5.86. The number of hydrazine groups is 1. The van der Waals surface area contributed by atoms with E-state index in [1.165, 1.54) is 19.1 Å². The minimum Gasteiger partial charge on any atom is -0.339 e. The number of aromatic nitrogens is 2. The van der Waals surface area contributed by atoms with Crippen LogP contribution < -0.4 is 5.43 Å². The van der Waals surface area contributed by atoms with Crippen LogP contribution in [0.2, 0.25) is 0 Å². The molecule has 0 amide bonds. The van der Waals surface area contributed by atoms with Gasteiger partial charge in [0.1, 0.15) is 12.1 Å². The Bertz CT molecular complexity index is 1480. The van der Waals surface area contributed by atoms with E-state index in [0.29, 0.717) is 66.7 Å². The molecular formula is C34H39F4N5O2. The summed E-state index contributed by atoms with van der Waals surface area (Å²) in [7, 11) is 0. The first kappa shape index (κ1) is 34.9. The molecule has 2 atom stereocenters. The molecular weight excluding hydrogens is 586 g/mol. The van der Waals surface area contributed by atoms with E-state index in [9.17, 15) is 22.4 Å². The molecule has 240 valence electrons. The summed E-state index contributed by atoms with van der Waals surface area (Å²) in [5.74, 6) is 0.481. The Balaban J connectivity index is 1.89. The van der Waals surface area contributed by atoms with E-state index in [1.54, 1.807) is 18.0 Å². The van der Waals surface area contributed by atoms with Crippen LogP contribution in [0.25, 0.3) is 0 Å². The number of amidine groups is 1. The van der Waals surface area contributed by atoms with E-state index in [4.69, 9.17) is 9.52 Å². The normalized spacial score (nSPS) is 19.1. The number of hydrogen-bond donors (Lipinski definition) is 1. The molecule has 2 unspecified atom stereocenters. The van der Waals surface area contributed by atoms with Crippen LogP contribution in [-0.2, 0) is 11.2 Å². The molecule has 0 spiro atoms. The van der Waals surface area contributed by atoms with Gasteiger partial charge >= 0.3 is 6.18 Å². The number of nitrogens with zero attached hydrogens (tertiary/aromatic N) is 4. The lowest BCUT2D eigenvalue weighted by Crippen LogP contribution is -2.40. The van der Waals surface area contributed by atoms with Gasteiger partial charge in [-0.25, -0.2) is 14.4 Å². The molecule has 1 aromatic heterocycles. The number of rotatable bonds is 14. The Morgan fingerprint density at radius 3 is 2.69 bits per heavy atom. The summed E-state index contributed by atoms with van der Waals surface area (Å²) in [6, 6.07) is 0. The van der Waals surface area contributed by atoms with Crippen LogP contribution in [0.4, 0.5) is 17.6 Å². The first-order valence-electron chi connectivity index (χ1n) is 14.7. The number of carbonyl (C=O) groups is 1. The van der Waals surface area contributed by atoms with Crippen molar-refractivity contribution >= 4 is 12.1 Å². The summed E-state index contributed by atoms with van der Waals surface area (Å²) in [5.41, 5.74) is 5.21. The second-order valence-electron chi connectivity index (χ2n) is 10.7. The number of hydrogen-bond acceptors (Lipinski definition) is 7. The number of fused-ring (bicyclic) bond motifs is 1. The van der Waals surface area contributed by atoms with E-state index in [-0.39, 0.29) is 24.1 Å². The van der Waals surface area contributed by atoms with Crippen LogP contribution in [-0.4, -0.2) is 33.4 Å². The van der Waals surface area contributed by atoms with Gasteiger partial charge < -0.3 is 9.32 Å². The minimum atomic E-state index is -4.48. The molecule has 0 bridgehead atoms. The third-order valence-corrected chi connectivity index (χ3v) is 6.88. The monoisotopic (exact) mass is 625 g/mol. The zero-order valence-electron chi connectivity index (χ0n) is 25.8. The van der Waals surface area contributed by atoms with Gasteiger partial charge in [-0.2, -0.15) is 18.2 Å². The van der Waals surface area contributed by atoms with Crippen molar-refractivity contribution in [1.82, 2.24) is 20.6 Å². The lowest BCUT2D eigenvalue weighted by molar-refractivity contribution is -0.108. The van der Waals surface area contributed by atoms with Gasteiger partial charge in [0.25, 0.3) is 0 Å². The fourth-order valence-electron chi connectivity index (χ4n) is 4.66. The molecule has 7 nitrogen and oxygen atoms in total. The van der Waals surface area contributed by atoms with Crippen molar-refractivity contribution in [2.45, 2.75) is 71.4 Å². The second kappa shape index (κ2) is 16.5. The fraction of sp³-hybridized carbons (Fsp3) is 0.353. The van der Waals surface area contributed by atoms with Gasteiger partial charge in [-0.3, -0.25) is 5.43 Å². The molecule has 0 saturated carbocycles. The third-order valence-electron chi connectivity index (χ3n) is 6.88. The van der Waals surface area contributed by atoms with Gasteiger partial charge in [-0.15, -0.1) is 0 Å². The molecule has 0 radical (unpaired) electrons. The van der Waals surface area contributed by atoms with E-state index in [1.807, 2.05) is 31.2 Å². The molecule has 1 aliphatic carbocycles. The second-order valence-corrected chi connectivity index (χ2v) is 10.7. The lowest BCUT2D eigenvalue weighted by atomic mass is 9.93. The van der Waals surface area contributed by atoms with Gasteiger partial charge in [0.05, 0.1) is 34.4 Å². The van der Waals surface area contributed by atoms with Crippen molar-refractivity contribution < 1.29 is 26.9 Å². The molecule has 11 heteroatoms. The Labute approximate surface area is 261 Å². The van der Waals surface area contributed by atoms with Crippen molar-refractivity contribution in [2.24, 2.45) is 10.9 Å². The van der Waals surface area contributed by atoms with E-state index >= 15 is 0 Å². The van der Waals surface area contributed by atoms with Gasteiger partial charge in [-0.05, 0) is 63.3 Å². The summed E-state index contributed by atoms with van der Waals surface area (Å²) in [6.07, 6.45) is 14.7. The number of halogens is 4. The first-order valence-corrected chi connectivity index (χ1v) is 14.7. The molecule has 0 aromatic carbocycles. The predicted molar refractivity (Wildman–Crippen MR) is 168 cm³/mol.